The molecule has 0 amide bonds. The van der Waals surface area contributed by atoms with Gasteiger partial charge in [0.05, 0.1) is 18.0 Å². The molecule has 0 radical (unpaired) electrons. The highest BCUT2D eigenvalue weighted by molar-refractivity contribution is 5.91. The molecule has 2 rings (SSSR count). The Balaban J connectivity index is 2.57. The summed E-state index contributed by atoms with van der Waals surface area (Å²) in [5.41, 5.74) is 9.27. The molecule has 0 bridgehead atoms. The number of aromatic nitrogens is 3. The molecule has 1 unspecified atom stereocenters. The molecule has 2 aromatic heterocycles. The third-order valence-electron chi connectivity index (χ3n) is 3.50. The molecule has 2 aromatic rings. The monoisotopic (exact) mass is 262 g/mol. The quantitative estimate of drug-likeness (QED) is 0.918. The molecule has 19 heavy (non-hydrogen) atoms. The van der Waals surface area contributed by atoms with E-state index in [-0.39, 0.29) is 6.10 Å². The van der Waals surface area contributed by atoms with Gasteiger partial charge in [-0.3, -0.25) is 0 Å². The van der Waals surface area contributed by atoms with Crippen LogP contribution in [0.4, 0.5) is 5.82 Å². The van der Waals surface area contributed by atoms with Gasteiger partial charge in [-0.15, -0.1) is 0 Å². The lowest BCUT2D eigenvalue weighted by atomic mass is 10.2. The number of hydrogen-bond donors (Lipinski definition) is 1. The first-order valence-electron chi connectivity index (χ1n) is 6.66. The maximum absolute atomic E-state index is 6.03. The van der Waals surface area contributed by atoms with Crippen molar-refractivity contribution in [3.05, 3.63) is 17.1 Å². The van der Waals surface area contributed by atoms with E-state index in [2.05, 4.69) is 35.3 Å². The number of nitrogen functional groups attached to an aromatic ring is 1. The van der Waals surface area contributed by atoms with Crippen molar-refractivity contribution in [1.82, 2.24) is 14.5 Å². The van der Waals surface area contributed by atoms with Crippen LogP contribution in [-0.2, 0) is 11.3 Å². The van der Waals surface area contributed by atoms with Crippen molar-refractivity contribution in [2.75, 3.05) is 12.3 Å². The summed E-state index contributed by atoms with van der Waals surface area (Å²) in [4.78, 5) is 8.80. The van der Waals surface area contributed by atoms with Gasteiger partial charge in [0.25, 0.3) is 0 Å². The Kier molecular flexibility index (Phi) is 3.75. The number of ether oxygens (including phenoxy) is 1. The summed E-state index contributed by atoms with van der Waals surface area (Å²) in [7, 11) is 0. The van der Waals surface area contributed by atoms with Gasteiger partial charge in [0.1, 0.15) is 17.3 Å². The van der Waals surface area contributed by atoms with Crippen molar-refractivity contribution in [2.45, 2.75) is 47.3 Å². The summed E-state index contributed by atoms with van der Waals surface area (Å²) in [5.74, 6) is 1.26. The molecule has 2 N–H and O–H groups in total. The van der Waals surface area contributed by atoms with Crippen LogP contribution in [0.1, 0.15) is 30.9 Å². The van der Waals surface area contributed by atoms with Gasteiger partial charge in [-0.25, -0.2) is 9.97 Å². The van der Waals surface area contributed by atoms with Gasteiger partial charge in [-0.1, -0.05) is 0 Å². The fraction of sp³-hybridized carbons (Fsp3) is 0.571. The third kappa shape index (κ3) is 2.42. The van der Waals surface area contributed by atoms with Crippen molar-refractivity contribution in [3.63, 3.8) is 0 Å². The minimum absolute atomic E-state index is 0.148. The van der Waals surface area contributed by atoms with E-state index in [0.29, 0.717) is 18.2 Å². The number of nitrogens with zero attached hydrogens (tertiary/aromatic N) is 3. The number of nitrogens with two attached hydrogens (primary N) is 1. The zero-order chi connectivity index (χ0) is 14.2. The molecular formula is C14H22N4O. The molecule has 0 saturated carbocycles. The Morgan fingerprint density at radius 2 is 1.95 bits per heavy atom. The van der Waals surface area contributed by atoms with Crippen LogP contribution < -0.4 is 5.73 Å². The maximum atomic E-state index is 6.03. The van der Waals surface area contributed by atoms with Crippen LogP contribution in [0.3, 0.4) is 0 Å². The summed E-state index contributed by atoms with van der Waals surface area (Å²) in [6.07, 6.45) is 0.148. The van der Waals surface area contributed by atoms with Gasteiger partial charge in [0, 0.05) is 12.3 Å². The average molecular weight is 262 g/mol. The highest BCUT2D eigenvalue weighted by Gasteiger charge is 2.17. The van der Waals surface area contributed by atoms with Crippen molar-refractivity contribution >= 4 is 16.9 Å². The number of anilines is 1. The molecule has 0 fully saturated rings. The Hall–Kier alpha value is -1.62. The zero-order valence-electron chi connectivity index (χ0n) is 12.3. The summed E-state index contributed by atoms with van der Waals surface area (Å²) in [6.45, 7) is 11.6. The molecule has 2 heterocycles. The molecule has 0 aromatic carbocycles. The normalized spacial score (nSPS) is 13.1. The molecule has 0 saturated heterocycles. The topological polar surface area (TPSA) is 66.0 Å². The lowest BCUT2D eigenvalue weighted by Gasteiger charge is -2.15. The largest absolute Gasteiger partial charge is 0.383 e. The first kappa shape index (κ1) is 13.8. The van der Waals surface area contributed by atoms with Crippen molar-refractivity contribution in [1.29, 1.82) is 0 Å². The first-order chi connectivity index (χ1) is 8.95. The molecular weight excluding hydrogens is 240 g/mol. The van der Waals surface area contributed by atoms with E-state index in [4.69, 9.17) is 10.5 Å². The minimum atomic E-state index is 0.148. The van der Waals surface area contributed by atoms with E-state index in [1.165, 1.54) is 5.69 Å². The molecule has 104 valence electrons. The second-order valence-electron chi connectivity index (χ2n) is 4.94. The summed E-state index contributed by atoms with van der Waals surface area (Å²) >= 11 is 0. The third-order valence-corrected chi connectivity index (χ3v) is 3.50. The molecule has 0 spiro atoms. The maximum Gasteiger partial charge on any atom is 0.146 e. The van der Waals surface area contributed by atoms with E-state index in [1.54, 1.807) is 0 Å². The lowest BCUT2D eigenvalue weighted by Crippen LogP contribution is -2.17. The van der Waals surface area contributed by atoms with Gasteiger partial charge in [-0.05, 0) is 40.2 Å². The summed E-state index contributed by atoms with van der Waals surface area (Å²) < 4.78 is 7.80. The van der Waals surface area contributed by atoms with Crippen molar-refractivity contribution in [2.24, 2.45) is 0 Å². The summed E-state index contributed by atoms with van der Waals surface area (Å²) in [6, 6.07) is 0. The molecule has 5 heteroatoms. The average Bonchev–Trinajstić information content (AvgIpc) is 2.54. The van der Waals surface area contributed by atoms with E-state index in [9.17, 15) is 0 Å². The number of fused-ring (bicyclic) bond motifs is 1. The van der Waals surface area contributed by atoms with Crippen LogP contribution in [-0.4, -0.2) is 27.2 Å². The van der Waals surface area contributed by atoms with E-state index < -0.39 is 0 Å². The highest BCUT2D eigenvalue weighted by Crippen LogP contribution is 2.28. The van der Waals surface area contributed by atoms with E-state index >= 15 is 0 Å². The lowest BCUT2D eigenvalue weighted by molar-refractivity contribution is 0.0644. The smallest absolute Gasteiger partial charge is 0.146 e. The van der Waals surface area contributed by atoms with Crippen LogP contribution in [0, 0.1) is 20.8 Å². The fourth-order valence-electron chi connectivity index (χ4n) is 2.49. The van der Waals surface area contributed by atoms with E-state index in [1.807, 2.05) is 13.8 Å². The Morgan fingerprint density at radius 1 is 1.26 bits per heavy atom. The Morgan fingerprint density at radius 3 is 2.58 bits per heavy atom. The second-order valence-corrected chi connectivity index (χ2v) is 4.94. The zero-order valence-corrected chi connectivity index (χ0v) is 12.3. The Labute approximate surface area is 113 Å². The second kappa shape index (κ2) is 5.17. The first-order valence-corrected chi connectivity index (χ1v) is 6.66. The van der Waals surface area contributed by atoms with Crippen LogP contribution in [0.2, 0.25) is 0 Å². The SMILES string of the molecule is CCOC(C)Cn1c(C)c(C)c2c(N)nc(C)nc21. The molecule has 5 nitrogen and oxygen atoms in total. The van der Waals surface area contributed by atoms with Gasteiger partial charge in [0.15, 0.2) is 0 Å². The fourth-order valence-corrected chi connectivity index (χ4v) is 2.49. The highest BCUT2D eigenvalue weighted by atomic mass is 16.5. The summed E-state index contributed by atoms with van der Waals surface area (Å²) in [5, 5.41) is 0.965. The van der Waals surface area contributed by atoms with Gasteiger partial charge < -0.3 is 15.0 Å². The number of aryl methyl sites for hydroxylation is 2. The van der Waals surface area contributed by atoms with Crippen LogP contribution >= 0.6 is 0 Å². The van der Waals surface area contributed by atoms with Gasteiger partial charge in [-0.2, -0.15) is 0 Å². The standard InChI is InChI=1S/C14H22N4O/c1-6-19-8(2)7-18-10(4)9(3)12-13(15)16-11(5)17-14(12)18/h8H,6-7H2,1-5H3,(H2,15,16,17). The minimum Gasteiger partial charge on any atom is -0.383 e. The molecule has 0 aliphatic carbocycles. The van der Waals surface area contributed by atoms with Crippen LogP contribution in [0.5, 0.6) is 0 Å². The van der Waals surface area contributed by atoms with Gasteiger partial charge in [0.2, 0.25) is 0 Å². The molecule has 0 aliphatic rings. The molecule has 0 aliphatic heterocycles. The van der Waals surface area contributed by atoms with Crippen molar-refractivity contribution in [3.8, 4) is 0 Å². The number of rotatable bonds is 4. The van der Waals surface area contributed by atoms with Crippen LogP contribution in [0.15, 0.2) is 0 Å². The van der Waals surface area contributed by atoms with Crippen molar-refractivity contribution < 1.29 is 4.74 Å². The molecule has 1 atom stereocenters. The predicted octanol–water partition coefficient (Wildman–Crippen LogP) is 2.36. The Bertz CT molecular complexity index is 603. The predicted molar refractivity (Wildman–Crippen MR) is 77.2 cm³/mol. The van der Waals surface area contributed by atoms with E-state index in [0.717, 1.165) is 23.1 Å². The number of hydrogen-bond acceptors (Lipinski definition) is 4. The van der Waals surface area contributed by atoms with Gasteiger partial charge >= 0.3 is 0 Å². The van der Waals surface area contributed by atoms with Crippen LogP contribution in [0.25, 0.3) is 11.0 Å².